The average molecular weight is 376 g/mol. The van der Waals surface area contributed by atoms with Crippen LogP contribution >= 0.6 is 0 Å². The lowest BCUT2D eigenvalue weighted by molar-refractivity contribution is 0.0734. The molecule has 3 aromatic carbocycles. The number of esters is 1. The van der Waals surface area contributed by atoms with E-state index in [1.54, 1.807) is 48.5 Å². The maximum atomic E-state index is 13.5. The van der Waals surface area contributed by atoms with Crippen LogP contribution in [0.25, 0.3) is 0 Å². The van der Waals surface area contributed by atoms with Gasteiger partial charge in [-0.05, 0) is 61.0 Å². The number of aryl methyl sites for hydroxylation is 1. The second kappa shape index (κ2) is 8.73. The van der Waals surface area contributed by atoms with Crippen LogP contribution < -0.4 is 10.2 Å². The molecule has 0 spiro atoms. The molecule has 0 bridgehead atoms. The van der Waals surface area contributed by atoms with Gasteiger partial charge < -0.3 is 4.74 Å². The molecule has 0 atom stereocenters. The zero-order chi connectivity index (χ0) is 19.9. The van der Waals surface area contributed by atoms with Gasteiger partial charge in [-0.25, -0.2) is 14.6 Å². The molecule has 140 valence electrons. The van der Waals surface area contributed by atoms with E-state index in [1.807, 2.05) is 13.0 Å². The van der Waals surface area contributed by atoms with Crippen molar-refractivity contribution in [3.05, 3.63) is 101 Å². The summed E-state index contributed by atoms with van der Waals surface area (Å²) in [4.78, 5) is 24.0. The van der Waals surface area contributed by atoms with Gasteiger partial charge in [0.25, 0.3) is 5.91 Å². The van der Waals surface area contributed by atoms with Crippen molar-refractivity contribution in [1.82, 2.24) is 5.43 Å². The molecular weight excluding hydrogens is 359 g/mol. The molecule has 0 radical (unpaired) electrons. The molecule has 3 rings (SSSR count). The highest BCUT2D eigenvalue weighted by atomic mass is 19.1. The molecule has 6 heteroatoms. The summed E-state index contributed by atoms with van der Waals surface area (Å²) >= 11 is 0. The predicted molar refractivity (Wildman–Crippen MR) is 104 cm³/mol. The highest BCUT2D eigenvalue weighted by Gasteiger charge is 2.10. The van der Waals surface area contributed by atoms with Gasteiger partial charge in [-0.3, -0.25) is 4.79 Å². The molecule has 1 amide bonds. The van der Waals surface area contributed by atoms with E-state index in [9.17, 15) is 14.0 Å². The number of rotatable bonds is 5. The number of hydrazone groups is 1. The molecule has 0 heterocycles. The monoisotopic (exact) mass is 376 g/mol. The fourth-order valence-corrected chi connectivity index (χ4v) is 2.43. The Kier molecular flexibility index (Phi) is 5.91. The topological polar surface area (TPSA) is 67.8 Å². The smallest absolute Gasteiger partial charge is 0.343 e. The zero-order valence-electron chi connectivity index (χ0n) is 15.1. The van der Waals surface area contributed by atoms with Crippen LogP contribution in [0.15, 0.2) is 77.9 Å². The van der Waals surface area contributed by atoms with Crippen LogP contribution in [0.5, 0.6) is 5.75 Å². The zero-order valence-corrected chi connectivity index (χ0v) is 15.1. The van der Waals surface area contributed by atoms with Crippen LogP contribution in [-0.2, 0) is 0 Å². The van der Waals surface area contributed by atoms with E-state index in [4.69, 9.17) is 4.74 Å². The number of carbonyl (C=O) groups is 2. The summed E-state index contributed by atoms with van der Waals surface area (Å²) in [6.07, 6.45) is 1.41. The van der Waals surface area contributed by atoms with Gasteiger partial charge in [0.15, 0.2) is 0 Å². The van der Waals surface area contributed by atoms with Crippen LogP contribution in [0.4, 0.5) is 4.39 Å². The van der Waals surface area contributed by atoms with Crippen molar-refractivity contribution >= 4 is 18.1 Å². The first-order valence-electron chi connectivity index (χ1n) is 8.50. The Bertz CT molecular complexity index is 1030. The molecule has 3 aromatic rings. The van der Waals surface area contributed by atoms with Gasteiger partial charge >= 0.3 is 5.97 Å². The van der Waals surface area contributed by atoms with Crippen molar-refractivity contribution in [2.45, 2.75) is 6.92 Å². The van der Waals surface area contributed by atoms with E-state index in [2.05, 4.69) is 10.5 Å². The van der Waals surface area contributed by atoms with Crippen molar-refractivity contribution in [3.8, 4) is 5.75 Å². The number of nitrogens with zero attached hydrogens (tertiary/aromatic N) is 1. The normalized spacial score (nSPS) is 10.6. The number of amides is 1. The first-order chi connectivity index (χ1) is 13.5. The summed E-state index contributed by atoms with van der Waals surface area (Å²) in [6.45, 7) is 1.90. The van der Waals surface area contributed by atoms with Crippen LogP contribution in [0.1, 0.15) is 31.8 Å². The Balaban J connectivity index is 1.58. The maximum absolute atomic E-state index is 13.5. The third-order valence-corrected chi connectivity index (χ3v) is 3.84. The largest absolute Gasteiger partial charge is 0.423 e. The summed E-state index contributed by atoms with van der Waals surface area (Å²) in [7, 11) is 0. The Morgan fingerprint density at radius 3 is 2.46 bits per heavy atom. The summed E-state index contributed by atoms with van der Waals surface area (Å²) in [5, 5.41) is 3.81. The number of hydrogen-bond donors (Lipinski definition) is 1. The van der Waals surface area contributed by atoms with Crippen molar-refractivity contribution < 1.29 is 18.7 Å². The summed E-state index contributed by atoms with van der Waals surface area (Å²) in [5.41, 5.74) is 4.30. The molecule has 0 fully saturated rings. The number of hydrogen-bond acceptors (Lipinski definition) is 4. The van der Waals surface area contributed by atoms with Crippen LogP contribution in [-0.4, -0.2) is 18.1 Å². The molecule has 0 aliphatic carbocycles. The second-order valence-electron chi connectivity index (χ2n) is 6.01. The summed E-state index contributed by atoms with van der Waals surface area (Å²) in [5.74, 6) is -1.31. The molecule has 0 saturated carbocycles. The first kappa shape index (κ1) is 19.0. The summed E-state index contributed by atoms with van der Waals surface area (Å²) in [6, 6.07) is 19.4. The standard InChI is InChI=1S/C22H17FN2O3/c1-15-5-4-6-17(13-15)22(27)28-18-11-9-16(10-12-18)14-24-25-21(26)19-7-2-3-8-20(19)23/h2-14H,1H3,(H,25,26)/b24-14-. The van der Waals surface area contributed by atoms with E-state index in [0.717, 1.165) is 5.56 Å². The molecule has 0 aromatic heterocycles. The summed E-state index contributed by atoms with van der Waals surface area (Å²) < 4.78 is 18.9. The number of nitrogens with one attached hydrogen (secondary N) is 1. The molecule has 0 unspecified atom stereocenters. The lowest BCUT2D eigenvalue weighted by Gasteiger charge is -2.05. The molecular formula is C22H17FN2O3. The lowest BCUT2D eigenvalue weighted by atomic mass is 10.1. The van der Waals surface area contributed by atoms with Crippen LogP contribution in [0.2, 0.25) is 0 Å². The minimum Gasteiger partial charge on any atom is -0.423 e. The number of carbonyl (C=O) groups excluding carboxylic acids is 2. The Morgan fingerprint density at radius 1 is 1.00 bits per heavy atom. The third-order valence-electron chi connectivity index (χ3n) is 3.84. The number of ether oxygens (including phenoxy) is 1. The van der Waals surface area contributed by atoms with Gasteiger partial charge in [0.05, 0.1) is 17.3 Å². The van der Waals surface area contributed by atoms with Crippen LogP contribution in [0, 0.1) is 12.7 Å². The maximum Gasteiger partial charge on any atom is 0.343 e. The SMILES string of the molecule is Cc1cccc(C(=O)Oc2ccc(/C=N\NC(=O)c3ccccc3F)cc2)c1. The quantitative estimate of drug-likeness (QED) is 0.315. The third kappa shape index (κ3) is 4.88. The molecule has 0 aliphatic rings. The number of halogens is 1. The van der Waals surface area contributed by atoms with E-state index < -0.39 is 17.7 Å². The van der Waals surface area contributed by atoms with Gasteiger partial charge in [-0.1, -0.05) is 29.8 Å². The van der Waals surface area contributed by atoms with Gasteiger partial charge in [0.2, 0.25) is 0 Å². The second-order valence-corrected chi connectivity index (χ2v) is 6.01. The Labute approximate surface area is 161 Å². The molecule has 1 N–H and O–H groups in total. The average Bonchev–Trinajstić information content (AvgIpc) is 2.69. The fraction of sp³-hybridized carbons (Fsp3) is 0.0455. The Morgan fingerprint density at radius 2 is 1.75 bits per heavy atom. The van der Waals surface area contributed by atoms with E-state index >= 15 is 0 Å². The molecule has 28 heavy (non-hydrogen) atoms. The fourth-order valence-electron chi connectivity index (χ4n) is 2.43. The van der Waals surface area contributed by atoms with E-state index in [1.165, 1.54) is 24.4 Å². The minimum atomic E-state index is -0.641. The van der Waals surface area contributed by atoms with E-state index in [-0.39, 0.29) is 5.56 Å². The van der Waals surface area contributed by atoms with Crippen molar-refractivity contribution in [2.24, 2.45) is 5.10 Å². The minimum absolute atomic E-state index is 0.0851. The molecule has 0 aliphatic heterocycles. The number of benzene rings is 3. The molecule has 0 saturated heterocycles. The highest BCUT2D eigenvalue weighted by molar-refractivity contribution is 5.95. The van der Waals surface area contributed by atoms with Gasteiger partial charge in [0, 0.05) is 0 Å². The van der Waals surface area contributed by atoms with Gasteiger partial charge in [0.1, 0.15) is 11.6 Å². The first-order valence-corrected chi connectivity index (χ1v) is 8.50. The van der Waals surface area contributed by atoms with Crippen molar-refractivity contribution in [3.63, 3.8) is 0 Å². The Hall–Kier alpha value is -3.80. The highest BCUT2D eigenvalue weighted by Crippen LogP contribution is 2.14. The van der Waals surface area contributed by atoms with Gasteiger partial charge in [-0.2, -0.15) is 5.10 Å². The lowest BCUT2D eigenvalue weighted by Crippen LogP contribution is -2.18. The van der Waals surface area contributed by atoms with Crippen molar-refractivity contribution in [2.75, 3.05) is 0 Å². The van der Waals surface area contributed by atoms with Gasteiger partial charge in [-0.15, -0.1) is 0 Å². The van der Waals surface area contributed by atoms with Crippen LogP contribution in [0.3, 0.4) is 0 Å². The van der Waals surface area contributed by atoms with Crippen molar-refractivity contribution in [1.29, 1.82) is 0 Å². The molecule has 5 nitrogen and oxygen atoms in total. The predicted octanol–water partition coefficient (Wildman–Crippen LogP) is 4.12. The van der Waals surface area contributed by atoms with E-state index in [0.29, 0.717) is 16.9 Å².